The lowest BCUT2D eigenvalue weighted by Gasteiger charge is -2.11. The molecule has 0 bridgehead atoms. The zero-order chi connectivity index (χ0) is 27.3. The smallest absolute Gasteiger partial charge is 0.197 e. The highest BCUT2D eigenvalue weighted by atomic mass is 16.3. The molecular weight excluding hydrogens is 484 g/mol. The lowest BCUT2D eigenvalue weighted by molar-refractivity contribution is -0.244. The molecule has 188 valence electrons. The van der Waals surface area contributed by atoms with Crippen molar-refractivity contribution < 1.29 is 19.5 Å². The fourth-order valence-electron chi connectivity index (χ4n) is 5.17. The summed E-state index contributed by atoms with van der Waals surface area (Å²) >= 11 is 0. The van der Waals surface area contributed by atoms with Crippen LogP contribution in [-0.2, 0) is 0 Å². The molecule has 0 saturated heterocycles. The quantitative estimate of drug-likeness (QED) is 0.178. The van der Waals surface area contributed by atoms with E-state index in [4.69, 9.17) is 0 Å². The van der Waals surface area contributed by atoms with Crippen LogP contribution in [0.2, 0.25) is 0 Å². The van der Waals surface area contributed by atoms with E-state index in [1.165, 1.54) is 12.2 Å². The van der Waals surface area contributed by atoms with Gasteiger partial charge in [0.15, 0.2) is 17.3 Å². The second-order valence-corrected chi connectivity index (χ2v) is 9.94. The van der Waals surface area contributed by atoms with Crippen molar-refractivity contribution in [3.05, 3.63) is 148 Å². The summed E-state index contributed by atoms with van der Waals surface area (Å²) in [4.78, 5) is 38.6. The lowest BCUT2D eigenvalue weighted by atomic mass is 10.00. The van der Waals surface area contributed by atoms with Crippen LogP contribution in [0, 0.1) is 13.8 Å². The molecule has 0 saturated carbocycles. The molecule has 2 aliphatic rings. The van der Waals surface area contributed by atoms with E-state index in [1.54, 1.807) is 54.6 Å². The van der Waals surface area contributed by atoms with Gasteiger partial charge in [-0.3, -0.25) is 14.4 Å². The Hall–Kier alpha value is -5.09. The Morgan fingerprint density at radius 2 is 1.03 bits per heavy atom. The van der Waals surface area contributed by atoms with Crippen LogP contribution in [0.25, 0.3) is 27.3 Å². The van der Waals surface area contributed by atoms with Gasteiger partial charge in [-0.25, -0.2) is 0 Å². The van der Waals surface area contributed by atoms with Crippen molar-refractivity contribution in [3.8, 4) is 0 Å². The Labute approximate surface area is 225 Å². The molecular formula is C35H23O4-. The first kappa shape index (κ1) is 24.3. The third kappa shape index (κ3) is 4.16. The molecule has 0 spiro atoms. The summed E-state index contributed by atoms with van der Waals surface area (Å²) in [7, 11) is 0. The van der Waals surface area contributed by atoms with E-state index in [0.29, 0.717) is 22.3 Å². The van der Waals surface area contributed by atoms with Crippen LogP contribution in [0.5, 0.6) is 0 Å². The van der Waals surface area contributed by atoms with Gasteiger partial charge in [0, 0.05) is 22.3 Å². The molecule has 4 nitrogen and oxygen atoms in total. The van der Waals surface area contributed by atoms with Gasteiger partial charge < -0.3 is 5.11 Å². The van der Waals surface area contributed by atoms with Crippen LogP contribution in [0.15, 0.2) is 114 Å². The predicted octanol–water partition coefficient (Wildman–Crippen LogP) is 6.55. The molecule has 0 radical (unpaired) electrons. The minimum Gasteiger partial charge on any atom is -0.872 e. The van der Waals surface area contributed by atoms with E-state index < -0.39 is 0 Å². The number of carbonyl (C=O) groups is 3. The van der Waals surface area contributed by atoms with Crippen molar-refractivity contribution in [1.29, 1.82) is 0 Å². The Bertz CT molecular complexity index is 1930. The van der Waals surface area contributed by atoms with Crippen LogP contribution in [0.3, 0.4) is 0 Å². The highest BCUT2D eigenvalue weighted by Gasteiger charge is 2.33. The number of hydrogen-bond acceptors (Lipinski definition) is 4. The first-order valence-corrected chi connectivity index (χ1v) is 12.7. The predicted molar refractivity (Wildman–Crippen MR) is 153 cm³/mol. The van der Waals surface area contributed by atoms with Crippen molar-refractivity contribution in [2.75, 3.05) is 0 Å². The molecule has 2 aliphatic carbocycles. The number of fused-ring (bicyclic) bond motifs is 4. The molecule has 4 aromatic rings. The molecule has 4 aromatic carbocycles. The normalized spacial score (nSPS) is 16.4. The Balaban J connectivity index is 1.17. The van der Waals surface area contributed by atoms with Gasteiger partial charge in [0.05, 0.1) is 5.57 Å². The third-order valence-corrected chi connectivity index (χ3v) is 7.19. The van der Waals surface area contributed by atoms with E-state index >= 15 is 0 Å². The third-order valence-electron chi connectivity index (χ3n) is 7.19. The van der Waals surface area contributed by atoms with Gasteiger partial charge in [0.2, 0.25) is 0 Å². The van der Waals surface area contributed by atoms with E-state index in [9.17, 15) is 19.5 Å². The maximum Gasteiger partial charge on any atom is 0.197 e. The van der Waals surface area contributed by atoms with Crippen molar-refractivity contribution in [2.24, 2.45) is 0 Å². The number of Topliss-reactive ketones (excluding diaryl/α,β-unsaturated/α-hetero) is 3. The minimum absolute atomic E-state index is 0.135. The largest absolute Gasteiger partial charge is 0.872 e. The van der Waals surface area contributed by atoms with Crippen LogP contribution in [0.4, 0.5) is 0 Å². The second-order valence-electron chi connectivity index (χ2n) is 9.94. The van der Waals surface area contributed by atoms with E-state index in [-0.39, 0.29) is 34.3 Å². The second kappa shape index (κ2) is 9.34. The number of carbonyl (C=O) groups excluding carboxylic acids is 3. The van der Waals surface area contributed by atoms with Crippen molar-refractivity contribution in [1.82, 2.24) is 0 Å². The van der Waals surface area contributed by atoms with E-state index in [0.717, 1.165) is 32.7 Å². The molecule has 0 unspecified atom stereocenters. The molecule has 0 N–H and O–H groups in total. The summed E-state index contributed by atoms with van der Waals surface area (Å²) in [5.74, 6) is -1.10. The molecule has 0 amide bonds. The number of aryl methyl sites for hydroxylation is 2. The topological polar surface area (TPSA) is 74.3 Å². The number of allylic oxidation sites excluding steroid dienone is 9. The number of rotatable bonds is 4. The van der Waals surface area contributed by atoms with Crippen LogP contribution in [0.1, 0.15) is 47.8 Å². The maximum absolute atomic E-state index is 12.9. The molecule has 0 aromatic heterocycles. The highest BCUT2D eigenvalue weighted by Crippen LogP contribution is 2.34. The monoisotopic (exact) mass is 507 g/mol. The zero-order valence-corrected chi connectivity index (χ0v) is 21.4. The first-order chi connectivity index (χ1) is 18.8. The van der Waals surface area contributed by atoms with E-state index in [1.807, 2.05) is 50.2 Å². The highest BCUT2D eigenvalue weighted by molar-refractivity contribution is 6.40. The lowest BCUT2D eigenvalue weighted by Crippen LogP contribution is -2.02. The minimum atomic E-state index is -0.275. The summed E-state index contributed by atoms with van der Waals surface area (Å²) in [5, 5.41) is 16.6. The SMILES string of the molecule is Cc1ccc2cc3c(cc2c1)C(=O)\C(=C/C=C/C=C/C=C/C1=C([O-])c2cc4cc(C)ccc4cc2C1=O)C3=O. The Morgan fingerprint density at radius 3 is 1.64 bits per heavy atom. The van der Waals surface area contributed by atoms with Gasteiger partial charge >= 0.3 is 0 Å². The molecule has 0 fully saturated rings. The standard InChI is InChI=1S/C35H24O4/c1-20-10-12-22-16-28-30(18-24(22)14-20)34(38)26(32(28)36)8-6-4-3-5-7-9-27-33(37)29-17-23-13-11-21(2)15-25(23)19-31(29)35(27)39/h3-19,38H,1-2H3/p-1/b4-3+,7-5+,8-6+,27-9-. The van der Waals surface area contributed by atoms with Crippen LogP contribution >= 0.6 is 0 Å². The van der Waals surface area contributed by atoms with E-state index in [2.05, 4.69) is 0 Å². The molecule has 0 aliphatic heterocycles. The van der Waals surface area contributed by atoms with Crippen LogP contribution in [-0.4, -0.2) is 17.3 Å². The fraction of sp³-hybridized carbons (Fsp3) is 0.0571. The molecule has 6 rings (SSSR count). The molecule has 4 heteroatoms. The van der Waals surface area contributed by atoms with Gasteiger partial charge in [0.25, 0.3) is 0 Å². The van der Waals surface area contributed by atoms with Crippen LogP contribution < -0.4 is 5.11 Å². The molecule has 0 atom stereocenters. The average Bonchev–Trinajstić information content (AvgIpc) is 3.29. The number of hydrogen-bond donors (Lipinski definition) is 0. The van der Waals surface area contributed by atoms with Gasteiger partial charge in [-0.15, -0.1) is 0 Å². The Kier molecular flexibility index (Phi) is 5.81. The van der Waals surface area contributed by atoms with Gasteiger partial charge in [-0.1, -0.05) is 89.7 Å². The summed E-state index contributed by atoms with van der Waals surface area (Å²) in [6, 6.07) is 19.0. The van der Waals surface area contributed by atoms with Gasteiger partial charge in [-0.05, 0) is 71.3 Å². The average molecular weight is 508 g/mol. The molecule has 39 heavy (non-hydrogen) atoms. The van der Waals surface area contributed by atoms with Crippen molar-refractivity contribution >= 4 is 44.7 Å². The zero-order valence-electron chi connectivity index (χ0n) is 21.4. The molecule has 0 heterocycles. The van der Waals surface area contributed by atoms with Crippen molar-refractivity contribution in [3.63, 3.8) is 0 Å². The fourth-order valence-corrected chi connectivity index (χ4v) is 5.17. The summed E-state index contributed by atoms with van der Waals surface area (Å²) in [6.45, 7) is 3.98. The number of ketones is 3. The Morgan fingerprint density at radius 1 is 0.538 bits per heavy atom. The van der Waals surface area contributed by atoms with Crippen molar-refractivity contribution in [2.45, 2.75) is 13.8 Å². The summed E-state index contributed by atoms with van der Waals surface area (Å²) in [5.41, 5.74) is 4.18. The summed E-state index contributed by atoms with van der Waals surface area (Å²) < 4.78 is 0. The maximum atomic E-state index is 12.9. The number of benzene rings is 4. The van der Waals surface area contributed by atoms with Gasteiger partial charge in [0.1, 0.15) is 0 Å². The van der Waals surface area contributed by atoms with Gasteiger partial charge in [-0.2, -0.15) is 0 Å². The first-order valence-electron chi connectivity index (χ1n) is 12.7. The summed E-state index contributed by atoms with van der Waals surface area (Å²) in [6.07, 6.45) is 11.4.